The molecule has 1 aromatic carbocycles. The quantitative estimate of drug-likeness (QED) is 0.683. The van der Waals surface area contributed by atoms with E-state index in [1.165, 1.54) is 0 Å². The van der Waals surface area contributed by atoms with Crippen molar-refractivity contribution < 1.29 is 9.53 Å². The SMILES string of the molecule is O=C([C@H]1Cc2cc(Cl)ccc2O1)N1CCC(c2nnc3ccccn23)CC1. The maximum Gasteiger partial charge on any atom is 0.263 e. The molecule has 3 aromatic rings. The third-order valence-corrected chi connectivity index (χ3v) is 5.72. The topological polar surface area (TPSA) is 59.7 Å². The molecular formula is C20H19ClN4O2. The third-order valence-electron chi connectivity index (χ3n) is 5.48. The average molecular weight is 383 g/mol. The number of hydrogen-bond acceptors (Lipinski definition) is 4. The molecule has 5 rings (SSSR count). The Balaban J connectivity index is 1.25. The van der Waals surface area contributed by atoms with E-state index in [1.54, 1.807) is 6.07 Å². The molecule has 27 heavy (non-hydrogen) atoms. The Hall–Kier alpha value is -2.60. The highest BCUT2D eigenvalue weighted by Gasteiger charge is 2.35. The number of ether oxygens (including phenoxy) is 1. The Bertz CT molecular complexity index is 1010. The van der Waals surface area contributed by atoms with Crippen LogP contribution in [0, 0.1) is 0 Å². The zero-order valence-electron chi connectivity index (χ0n) is 14.7. The largest absolute Gasteiger partial charge is 0.480 e. The van der Waals surface area contributed by atoms with E-state index in [9.17, 15) is 4.79 Å². The first-order chi connectivity index (χ1) is 13.2. The Morgan fingerprint density at radius 2 is 2.00 bits per heavy atom. The molecule has 2 aliphatic rings. The molecule has 6 nitrogen and oxygen atoms in total. The van der Waals surface area contributed by atoms with Crippen LogP contribution in [-0.2, 0) is 11.2 Å². The second kappa shape index (κ2) is 6.53. The molecule has 138 valence electrons. The van der Waals surface area contributed by atoms with Gasteiger partial charge in [-0.05, 0) is 48.7 Å². The van der Waals surface area contributed by atoms with Gasteiger partial charge in [0.2, 0.25) is 0 Å². The summed E-state index contributed by atoms with van der Waals surface area (Å²) >= 11 is 6.04. The van der Waals surface area contributed by atoms with E-state index < -0.39 is 6.10 Å². The van der Waals surface area contributed by atoms with Crippen LogP contribution in [0.5, 0.6) is 5.75 Å². The lowest BCUT2D eigenvalue weighted by Gasteiger charge is -2.32. The summed E-state index contributed by atoms with van der Waals surface area (Å²) in [6.07, 6.45) is 3.91. The zero-order valence-corrected chi connectivity index (χ0v) is 15.5. The first-order valence-electron chi connectivity index (χ1n) is 9.22. The van der Waals surface area contributed by atoms with E-state index in [2.05, 4.69) is 10.2 Å². The van der Waals surface area contributed by atoms with E-state index in [-0.39, 0.29) is 5.91 Å². The fourth-order valence-corrected chi connectivity index (χ4v) is 4.25. The van der Waals surface area contributed by atoms with Gasteiger partial charge in [-0.2, -0.15) is 0 Å². The number of benzene rings is 1. The molecule has 0 N–H and O–H groups in total. The molecule has 1 amide bonds. The highest BCUT2D eigenvalue weighted by molar-refractivity contribution is 6.30. The molecule has 1 atom stereocenters. The van der Waals surface area contributed by atoms with Crippen molar-refractivity contribution in [3.05, 3.63) is 59.0 Å². The highest BCUT2D eigenvalue weighted by atomic mass is 35.5. The van der Waals surface area contributed by atoms with Gasteiger partial charge in [-0.25, -0.2) is 0 Å². The number of aromatic nitrogens is 3. The van der Waals surface area contributed by atoms with Crippen molar-refractivity contribution in [1.82, 2.24) is 19.5 Å². The molecular weight excluding hydrogens is 364 g/mol. The first kappa shape index (κ1) is 16.6. The summed E-state index contributed by atoms with van der Waals surface area (Å²) in [4.78, 5) is 14.8. The van der Waals surface area contributed by atoms with Crippen LogP contribution in [0.2, 0.25) is 5.02 Å². The van der Waals surface area contributed by atoms with Gasteiger partial charge in [0.25, 0.3) is 5.91 Å². The average Bonchev–Trinajstić information content (AvgIpc) is 3.31. The fraction of sp³-hybridized carbons (Fsp3) is 0.350. The minimum absolute atomic E-state index is 0.0619. The van der Waals surface area contributed by atoms with Gasteiger partial charge in [-0.3, -0.25) is 9.20 Å². The molecule has 0 bridgehead atoms. The van der Waals surface area contributed by atoms with E-state index in [1.807, 2.05) is 45.8 Å². The van der Waals surface area contributed by atoms with Crippen LogP contribution in [0.3, 0.4) is 0 Å². The molecule has 0 radical (unpaired) electrons. The molecule has 1 fully saturated rings. The molecule has 4 heterocycles. The van der Waals surface area contributed by atoms with Crippen molar-refractivity contribution in [2.24, 2.45) is 0 Å². The lowest BCUT2D eigenvalue weighted by molar-refractivity contribution is -0.139. The number of amides is 1. The summed E-state index contributed by atoms with van der Waals surface area (Å²) in [5, 5.41) is 9.29. The summed E-state index contributed by atoms with van der Waals surface area (Å²) in [6, 6.07) is 11.4. The molecule has 1 saturated heterocycles. The maximum absolute atomic E-state index is 12.9. The van der Waals surface area contributed by atoms with Gasteiger partial charge in [-0.15, -0.1) is 10.2 Å². The van der Waals surface area contributed by atoms with Crippen molar-refractivity contribution in [2.45, 2.75) is 31.3 Å². The number of halogens is 1. The van der Waals surface area contributed by atoms with Crippen molar-refractivity contribution in [3.8, 4) is 5.75 Å². The number of fused-ring (bicyclic) bond motifs is 2. The van der Waals surface area contributed by atoms with Crippen LogP contribution >= 0.6 is 11.6 Å². The number of nitrogens with zero attached hydrogens (tertiary/aromatic N) is 4. The van der Waals surface area contributed by atoms with Gasteiger partial charge in [0, 0.05) is 36.6 Å². The smallest absolute Gasteiger partial charge is 0.263 e. The molecule has 7 heteroatoms. The number of likely N-dealkylation sites (tertiary alicyclic amines) is 1. The molecule has 0 spiro atoms. The molecule has 2 aromatic heterocycles. The summed E-state index contributed by atoms with van der Waals surface area (Å²) in [6.45, 7) is 1.42. The molecule has 0 unspecified atom stereocenters. The fourth-order valence-electron chi connectivity index (χ4n) is 4.05. The Labute approximate surface area is 161 Å². The Morgan fingerprint density at radius 3 is 2.85 bits per heavy atom. The number of hydrogen-bond donors (Lipinski definition) is 0. The highest BCUT2D eigenvalue weighted by Crippen LogP contribution is 2.33. The molecule has 2 aliphatic heterocycles. The third kappa shape index (κ3) is 2.94. The summed E-state index contributed by atoms with van der Waals surface area (Å²) < 4.78 is 7.90. The van der Waals surface area contributed by atoms with Gasteiger partial charge in [0.15, 0.2) is 11.8 Å². The molecule has 0 aliphatic carbocycles. The van der Waals surface area contributed by atoms with E-state index in [0.717, 1.165) is 35.6 Å². The Kier molecular flexibility index (Phi) is 4.01. The maximum atomic E-state index is 12.9. The van der Waals surface area contributed by atoms with Crippen LogP contribution in [-0.4, -0.2) is 44.6 Å². The first-order valence-corrected chi connectivity index (χ1v) is 9.60. The minimum Gasteiger partial charge on any atom is -0.480 e. The Morgan fingerprint density at radius 1 is 1.15 bits per heavy atom. The predicted octanol–water partition coefficient (Wildman–Crippen LogP) is 3.09. The zero-order chi connectivity index (χ0) is 18.4. The van der Waals surface area contributed by atoms with Crippen LogP contribution < -0.4 is 4.74 Å². The number of pyridine rings is 1. The van der Waals surface area contributed by atoms with Gasteiger partial charge in [0.05, 0.1) is 0 Å². The summed E-state index contributed by atoms with van der Waals surface area (Å²) in [5.41, 5.74) is 1.87. The van der Waals surface area contributed by atoms with Gasteiger partial charge in [-0.1, -0.05) is 17.7 Å². The van der Waals surface area contributed by atoms with Crippen molar-refractivity contribution >= 4 is 23.2 Å². The lowest BCUT2D eigenvalue weighted by Crippen LogP contribution is -2.45. The minimum atomic E-state index is -0.441. The van der Waals surface area contributed by atoms with Crippen molar-refractivity contribution in [1.29, 1.82) is 0 Å². The van der Waals surface area contributed by atoms with Crippen LogP contribution in [0.15, 0.2) is 42.6 Å². The lowest BCUT2D eigenvalue weighted by atomic mass is 9.95. The number of carbonyl (C=O) groups is 1. The van der Waals surface area contributed by atoms with Crippen LogP contribution in [0.4, 0.5) is 0 Å². The standard InChI is InChI=1S/C20H19ClN4O2/c21-15-4-5-16-14(11-15)12-17(27-16)20(26)24-9-6-13(7-10-24)19-23-22-18-3-1-2-8-25(18)19/h1-5,8,11,13,17H,6-7,9-10,12H2/t17-/m1/s1. The van der Waals surface area contributed by atoms with Gasteiger partial charge < -0.3 is 9.64 Å². The molecule has 0 saturated carbocycles. The van der Waals surface area contributed by atoms with Crippen LogP contribution in [0.25, 0.3) is 5.65 Å². The van der Waals surface area contributed by atoms with Crippen LogP contribution in [0.1, 0.15) is 30.1 Å². The summed E-state index contributed by atoms with van der Waals surface area (Å²) in [5.74, 6) is 2.12. The second-order valence-corrected chi connectivity index (χ2v) is 7.59. The summed E-state index contributed by atoms with van der Waals surface area (Å²) in [7, 11) is 0. The number of rotatable bonds is 2. The van der Waals surface area contributed by atoms with Gasteiger partial charge in [0.1, 0.15) is 11.6 Å². The number of carbonyl (C=O) groups excluding carboxylic acids is 1. The normalized spacial score (nSPS) is 19.9. The van der Waals surface area contributed by atoms with Gasteiger partial charge >= 0.3 is 0 Å². The van der Waals surface area contributed by atoms with Crippen molar-refractivity contribution in [3.63, 3.8) is 0 Å². The predicted molar refractivity (Wildman–Crippen MR) is 101 cm³/mol. The number of piperidine rings is 1. The monoisotopic (exact) mass is 382 g/mol. The van der Waals surface area contributed by atoms with Crippen molar-refractivity contribution in [2.75, 3.05) is 13.1 Å². The second-order valence-electron chi connectivity index (χ2n) is 7.15. The van der Waals surface area contributed by atoms with E-state index in [4.69, 9.17) is 16.3 Å². The van der Waals surface area contributed by atoms with E-state index >= 15 is 0 Å². The van der Waals surface area contributed by atoms with E-state index in [0.29, 0.717) is 30.5 Å².